The molecule has 1 aromatic carbocycles. The molecule has 2 unspecified atom stereocenters. The number of hydrogen-bond acceptors (Lipinski definition) is 5. The molecule has 2 fully saturated rings. The van der Waals surface area contributed by atoms with Crippen LogP contribution in [0.3, 0.4) is 0 Å². The lowest BCUT2D eigenvalue weighted by Gasteiger charge is -2.17. The number of hydrogen-bond donors (Lipinski definition) is 2. The second-order valence-electron chi connectivity index (χ2n) is 5.90. The highest BCUT2D eigenvalue weighted by molar-refractivity contribution is 5.61. The van der Waals surface area contributed by atoms with Crippen LogP contribution in [-0.4, -0.2) is 22.9 Å². The molecule has 1 aliphatic heterocycles. The van der Waals surface area contributed by atoms with E-state index >= 15 is 0 Å². The number of rotatable bonds is 4. The molecule has 1 aliphatic carbocycles. The van der Waals surface area contributed by atoms with Gasteiger partial charge in [-0.15, -0.1) is 0 Å². The molecule has 20 heavy (non-hydrogen) atoms. The number of hydrazine groups is 1. The standard InChI is InChI=1S/C14H20N4O2/c15-16-13-5-4-10(6-14(13)18(19)20)7-17-8-11-2-1-3-12(11)9-17/h4-6,11-12,16H,1-3,7-9,15H2. The molecule has 0 spiro atoms. The Hall–Kier alpha value is -1.66. The minimum absolute atomic E-state index is 0.0457. The molecule has 3 N–H and O–H groups in total. The Kier molecular flexibility index (Phi) is 3.58. The van der Waals surface area contributed by atoms with E-state index in [0.717, 1.165) is 37.0 Å². The Morgan fingerprint density at radius 2 is 2.05 bits per heavy atom. The smallest absolute Gasteiger partial charge is 0.293 e. The van der Waals surface area contributed by atoms with Crippen molar-refractivity contribution in [1.29, 1.82) is 0 Å². The zero-order valence-electron chi connectivity index (χ0n) is 11.4. The third-order valence-corrected chi connectivity index (χ3v) is 4.62. The van der Waals surface area contributed by atoms with Crippen LogP contribution in [0, 0.1) is 22.0 Å². The van der Waals surface area contributed by atoms with Crippen LogP contribution in [0.2, 0.25) is 0 Å². The van der Waals surface area contributed by atoms with Crippen molar-refractivity contribution < 1.29 is 4.92 Å². The minimum atomic E-state index is -0.391. The number of nitrogen functional groups attached to an aromatic ring is 1. The summed E-state index contributed by atoms with van der Waals surface area (Å²) in [5.74, 6) is 6.98. The van der Waals surface area contributed by atoms with E-state index in [4.69, 9.17) is 5.84 Å². The Morgan fingerprint density at radius 1 is 1.35 bits per heavy atom. The first-order valence-electron chi connectivity index (χ1n) is 7.13. The maximum atomic E-state index is 11.0. The second kappa shape index (κ2) is 5.38. The average molecular weight is 276 g/mol. The average Bonchev–Trinajstić information content (AvgIpc) is 2.99. The first-order valence-corrected chi connectivity index (χ1v) is 7.13. The predicted molar refractivity (Wildman–Crippen MR) is 77.0 cm³/mol. The molecule has 1 aromatic rings. The fourth-order valence-corrected chi connectivity index (χ4v) is 3.67. The largest absolute Gasteiger partial charge is 0.318 e. The molecule has 1 saturated carbocycles. The lowest BCUT2D eigenvalue weighted by atomic mass is 10.0. The van der Waals surface area contributed by atoms with Gasteiger partial charge in [-0.2, -0.15) is 0 Å². The van der Waals surface area contributed by atoms with Crippen LogP contribution in [0.25, 0.3) is 0 Å². The SMILES string of the molecule is NNc1ccc(CN2CC3CCCC3C2)cc1[N+](=O)[O-]. The van der Waals surface area contributed by atoms with E-state index in [2.05, 4.69) is 10.3 Å². The van der Waals surface area contributed by atoms with Crippen LogP contribution in [0.15, 0.2) is 18.2 Å². The number of likely N-dealkylation sites (tertiary alicyclic amines) is 1. The molecule has 108 valence electrons. The van der Waals surface area contributed by atoms with Gasteiger partial charge in [0, 0.05) is 25.7 Å². The van der Waals surface area contributed by atoms with Crippen LogP contribution < -0.4 is 11.3 Å². The maximum absolute atomic E-state index is 11.0. The Balaban J connectivity index is 1.72. The van der Waals surface area contributed by atoms with Gasteiger partial charge < -0.3 is 5.43 Å². The highest BCUT2D eigenvalue weighted by Gasteiger charge is 2.35. The summed E-state index contributed by atoms with van der Waals surface area (Å²) in [5, 5.41) is 11.0. The number of benzene rings is 1. The normalized spacial score (nSPS) is 25.6. The van der Waals surface area contributed by atoms with Gasteiger partial charge in [-0.3, -0.25) is 20.9 Å². The van der Waals surface area contributed by atoms with Crippen molar-refractivity contribution in [3.05, 3.63) is 33.9 Å². The van der Waals surface area contributed by atoms with Crippen molar-refractivity contribution in [2.24, 2.45) is 17.7 Å². The van der Waals surface area contributed by atoms with Crippen LogP contribution in [0.1, 0.15) is 24.8 Å². The quantitative estimate of drug-likeness (QED) is 0.500. The molecule has 2 atom stereocenters. The summed E-state index contributed by atoms with van der Waals surface area (Å²) in [4.78, 5) is 13.1. The lowest BCUT2D eigenvalue weighted by molar-refractivity contribution is -0.384. The second-order valence-corrected chi connectivity index (χ2v) is 5.90. The predicted octanol–water partition coefficient (Wildman–Crippen LogP) is 2.11. The third kappa shape index (κ3) is 2.48. The molecular weight excluding hydrogens is 256 g/mol. The molecule has 2 aliphatic rings. The number of nitrogens with one attached hydrogen (secondary N) is 1. The van der Waals surface area contributed by atoms with Gasteiger partial charge in [0.05, 0.1) is 4.92 Å². The fraction of sp³-hybridized carbons (Fsp3) is 0.571. The Bertz CT molecular complexity index is 508. The van der Waals surface area contributed by atoms with E-state index < -0.39 is 4.92 Å². The number of fused-ring (bicyclic) bond motifs is 1. The Labute approximate surface area is 118 Å². The van der Waals surface area contributed by atoms with E-state index in [9.17, 15) is 10.1 Å². The van der Waals surface area contributed by atoms with Crippen LogP contribution >= 0.6 is 0 Å². The molecule has 1 heterocycles. The van der Waals surface area contributed by atoms with Crippen molar-refractivity contribution in [1.82, 2.24) is 4.90 Å². The van der Waals surface area contributed by atoms with Gasteiger partial charge in [-0.25, -0.2) is 0 Å². The molecule has 0 bridgehead atoms. The molecule has 6 nitrogen and oxygen atoms in total. The fourth-order valence-electron chi connectivity index (χ4n) is 3.67. The number of nitrogens with zero attached hydrogens (tertiary/aromatic N) is 2. The highest BCUT2D eigenvalue weighted by atomic mass is 16.6. The summed E-state index contributed by atoms with van der Waals surface area (Å²) in [5.41, 5.74) is 3.76. The summed E-state index contributed by atoms with van der Waals surface area (Å²) >= 11 is 0. The summed E-state index contributed by atoms with van der Waals surface area (Å²) in [7, 11) is 0. The zero-order valence-corrected chi connectivity index (χ0v) is 11.4. The summed E-state index contributed by atoms with van der Waals surface area (Å²) in [6, 6.07) is 5.23. The van der Waals surface area contributed by atoms with E-state index in [-0.39, 0.29) is 5.69 Å². The topological polar surface area (TPSA) is 84.4 Å². The Morgan fingerprint density at radius 3 is 2.65 bits per heavy atom. The number of nitro benzene ring substituents is 1. The molecule has 6 heteroatoms. The zero-order chi connectivity index (χ0) is 14.1. The molecule has 0 aromatic heterocycles. The van der Waals surface area contributed by atoms with Crippen LogP contribution in [0.5, 0.6) is 0 Å². The minimum Gasteiger partial charge on any atom is -0.318 e. The van der Waals surface area contributed by atoms with Gasteiger partial charge in [0.25, 0.3) is 5.69 Å². The molecular formula is C14H20N4O2. The van der Waals surface area contributed by atoms with Crippen molar-refractivity contribution in [3.8, 4) is 0 Å². The third-order valence-electron chi connectivity index (χ3n) is 4.62. The van der Waals surface area contributed by atoms with Gasteiger partial charge in [0.2, 0.25) is 0 Å². The molecule has 0 radical (unpaired) electrons. The summed E-state index contributed by atoms with van der Waals surface area (Å²) in [6.45, 7) is 3.06. The highest BCUT2D eigenvalue weighted by Crippen LogP contribution is 2.38. The van der Waals surface area contributed by atoms with Crippen LogP contribution in [-0.2, 0) is 6.54 Å². The number of nitro groups is 1. The molecule has 0 amide bonds. The van der Waals surface area contributed by atoms with Gasteiger partial charge in [0.15, 0.2) is 0 Å². The first kappa shape index (κ1) is 13.3. The molecule has 3 rings (SSSR count). The van der Waals surface area contributed by atoms with Crippen molar-refractivity contribution in [2.45, 2.75) is 25.8 Å². The monoisotopic (exact) mass is 276 g/mol. The van der Waals surface area contributed by atoms with E-state index in [1.807, 2.05) is 6.07 Å². The van der Waals surface area contributed by atoms with Crippen molar-refractivity contribution in [3.63, 3.8) is 0 Å². The maximum Gasteiger partial charge on any atom is 0.293 e. The lowest BCUT2D eigenvalue weighted by Crippen LogP contribution is -2.21. The molecule has 1 saturated heterocycles. The number of nitrogens with two attached hydrogens (primary N) is 1. The van der Waals surface area contributed by atoms with Gasteiger partial charge in [-0.05, 0) is 36.3 Å². The van der Waals surface area contributed by atoms with Crippen LogP contribution in [0.4, 0.5) is 11.4 Å². The first-order chi connectivity index (χ1) is 9.67. The van der Waals surface area contributed by atoms with E-state index in [1.165, 1.54) is 19.3 Å². The number of anilines is 1. The van der Waals surface area contributed by atoms with E-state index in [0.29, 0.717) is 5.69 Å². The van der Waals surface area contributed by atoms with E-state index in [1.54, 1.807) is 12.1 Å². The van der Waals surface area contributed by atoms with Gasteiger partial charge in [0.1, 0.15) is 5.69 Å². The summed E-state index contributed by atoms with van der Waals surface area (Å²) < 4.78 is 0. The van der Waals surface area contributed by atoms with Crippen molar-refractivity contribution in [2.75, 3.05) is 18.5 Å². The van der Waals surface area contributed by atoms with Gasteiger partial charge >= 0.3 is 0 Å². The van der Waals surface area contributed by atoms with Crippen molar-refractivity contribution >= 4 is 11.4 Å². The summed E-state index contributed by atoms with van der Waals surface area (Å²) in [6.07, 6.45) is 4.06. The van der Waals surface area contributed by atoms with Gasteiger partial charge in [-0.1, -0.05) is 12.5 Å².